The molecule has 3 rings (SSSR count). The summed E-state index contributed by atoms with van der Waals surface area (Å²) in [4.78, 5) is 30.5. The van der Waals surface area contributed by atoms with Gasteiger partial charge in [-0.15, -0.1) is 0 Å². The van der Waals surface area contributed by atoms with Crippen molar-refractivity contribution >= 4 is 17.6 Å². The van der Waals surface area contributed by atoms with Crippen molar-refractivity contribution < 1.29 is 9.59 Å². The van der Waals surface area contributed by atoms with E-state index >= 15 is 0 Å². The van der Waals surface area contributed by atoms with Crippen molar-refractivity contribution in [2.45, 2.75) is 12.8 Å². The van der Waals surface area contributed by atoms with Crippen molar-refractivity contribution in [2.24, 2.45) is 0 Å². The maximum absolute atomic E-state index is 12.5. The highest BCUT2D eigenvalue weighted by Crippen LogP contribution is 2.12. The molecule has 0 saturated carbocycles. The zero-order chi connectivity index (χ0) is 20.5. The molecule has 3 amide bonds. The maximum Gasteiger partial charge on any atom is 0.317 e. The molecule has 1 aliphatic rings. The lowest BCUT2D eigenvalue weighted by Gasteiger charge is -2.35. The molecule has 0 atom stereocenters. The van der Waals surface area contributed by atoms with Crippen molar-refractivity contribution in [1.82, 2.24) is 15.1 Å². The number of nitrogens with one attached hydrogen (secondary N) is 1. The second-order valence-corrected chi connectivity index (χ2v) is 7.37. The first-order valence-electron chi connectivity index (χ1n) is 10.2. The number of nitrogens with zero attached hydrogens (tertiary/aromatic N) is 3. The molecule has 1 fully saturated rings. The Kier molecular flexibility index (Phi) is 7.64. The first-order chi connectivity index (χ1) is 14.1. The standard InChI is InChI=1S/C23H30N4O2/c1-25(21-12-6-3-7-13-21)22(28)19-26-15-17-27(18-16-26)23(29)24-14-8-11-20-9-4-2-5-10-20/h2-7,9-10,12-13H,8,11,14-19H2,1H3,(H,24,29). The largest absolute Gasteiger partial charge is 0.338 e. The van der Waals surface area contributed by atoms with Crippen molar-refractivity contribution in [3.63, 3.8) is 0 Å². The fourth-order valence-corrected chi connectivity index (χ4v) is 3.45. The third-order valence-corrected chi connectivity index (χ3v) is 5.30. The van der Waals surface area contributed by atoms with Crippen LogP contribution in [-0.2, 0) is 11.2 Å². The summed E-state index contributed by atoms with van der Waals surface area (Å²) in [6.07, 6.45) is 1.89. The average molecular weight is 395 g/mol. The van der Waals surface area contributed by atoms with Crippen LogP contribution in [0.5, 0.6) is 0 Å². The zero-order valence-electron chi connectivity index (χ0n) is 17.1. The van der Waals surface area contributed by atoms with Crippen molar-refractivity contribution in [3.8, 4) is 0 Å². The summed E-state index contributed by atoms with van der Waals surface area (Å²) in [5.74, 6) is 0.0648. The Bertz CT molecular complexity index is 774. The third-order valence-electron chi connectivity index (χ3n) is 5.30. The van der Waals surface area contributed by atoms with Crippen molar-refractivity contribution in [3.05, 3.63) is 66.2 Å². The summed E-state index contributed by atoms with van der Waals surface area (Å²) < 4.78 is 0. The molecule has 1 N–H and O–H groups in total. The number of rotatable bonds is 7. The van der Waals surface area contributed by atoms with Gasteiger partial charge in [0.05, 0.1) is 6.54 Å². The van der Waals surface area contributed by atoms with Gasteiger partial charge in [0.2, 0.25) is 5.91 Å². The van der Waals surface area contributed by atoms with Gasteiger partial charge in [-0.25, -0.2) is 4.79 Å². The quantitative estimate of drug-likeness (QED) is 0.735. The van der Waals surface area contributed by atoms with Gasteiger partial charge in [0, 0.05) is 45.5 Å². The monoisotopic (exact) mass is 394 g/mol. The van der Waals surface area contributed by atoms with Gasteiger partial charge in [-0.2, -0.15) is 0 Å². The van der Waals surface area contributed by atoms with Gasteiger partial charge in [-0.05, 0) is 30.5 Å². The average Bonchev–Trinajstić information content (AvgIpc) is 2.78. The molecule has 6 heteroatoms. The minimum Gasteiger partial charge on any atom is -0.338 e. The van der Waals surface area contributed by atoms with Gasteiger partial charge < -0.3 is 15.1 Å². The van der Waals surface area contributed by atoms with E-state index in [1.54, 1.807) is 11.9 Å². The highest BCUT2D eigenvalue weighted by atomic mass is 16.2. The number of para-hydroxylation sites is 1. The van der Waals surface area contributed by atoms with Crippen LogP contribution in [0.2, 0.25) is 0 Å². The van der Waals surface area contributed by atoms with Gasteiger partial charge in [0.25, 0.3) is 0 Å². The molecule has 1 saturated heterocycles. The predicted octanol–water partition coefficient (Wildman–Crippen LogP) is 2.61. The highest BCUT2D eigenvalue weighted by Gasteiger charge is 2.23. The first kappa shape index (κ1) is 20.9. The molecule has 0 spiro atoms. The van der Waals surface area contributed by atoms with Crippen LogP contribution in [0.4, 0.5) is 10.5 Å². The molecule has 154 valence electrons. The molecule has 2 aromatic rings. The van der Waals surface area contributed by atoms with Crippen LogP contribution in [0.25, 0.3) is 0 Å². The Balaban J connectivity index is 1.34. The molecule has 6 nitrogen and oxygen atoms in total. The Labute approximate surface area is 173 Å². The lowest BCUT2D eigenvalue weighted by atomic mass is 10.1. The van der Waals surface area contributed by atoms with Crippen LogP contribution < -0.4 is 10.2 Å². The highest BCUT2D eigenvalue weighted by molar-refractivity contribution is 5.94. The number of amides is 3. The SMILES string of the molecule is CN(C(=O)CN1CCN(C(=O)NCCCc2ccccc2)CC1)c1ccccc1. The Morgan fingerprint density at radius 2 is 1.55 bits per heavy atom. The van der Waals surface area contributed by atoms with E-state index < -0.39 is 0 Å². The van der Waals surface area contributed by atoms with E-state index in [1.165, 1.54) is 5.56 Å². The fourth-order valence-electron chi connectivity index (χ4n) is 3.45. The molecule has 0 radical (unpaired) electrons. The Morgan fingerprint density at radius 1 is 0.931 bits per heavy atom. The van der Waals surface area contributed by atoms with E-state index in [1.807, 2.05) is 53.4 Å². The molecule has 1 aliphatic heterocycles. The number of carbonyl (C=O) groups is 2. The first-order valence-corrected chi connectivity index (χ1v) is 10.2. The second-order valence-electron chi connectivity index (χ2n) is 7.37. The number of piperazine rings is 1. The summed E-state index contributed by atoms with van der Waals surface area (Å²) in [6, 6.07) is 19.9. The fraction of sp³-hybridized carbons (Fsp3) is 0.391. The Morgan fingerprint density at radius 3 is 2.21 bits per heavy atom. The summed E-state index contributed by atoms with van der Waals surface area (Å²) in [5.41, 5.74) is 2.19. The summed E-state index contributed by atoms with van der Waals surface area (Å²) in [6.45, 7) is 3.77. The summed E-state index contributed by atoms with van der Waals surface area (Å²) in [7, 11) is 1.80. The number of urea groups is 1. The molecule has 0 aliphatic carbocycles. The molecule has 1 heterocycles. The van der Waals surface area contributed by atoms with E-state index in [2.05, 4.69) is 22.3 Å². The van der Waals surface area contributed by atoms with Gasteiger partial charge in [-0.1, -0.05) is 48.5 Å². The maximum atomic E-state index is 12.5. The normalized spacial score (nSPS) is 14.4. The number of aryl methyl sites for hydroxylation is 1. The van der Waals surface area contributed by atoms with Crippen LogP contribution in [0, 0.1) is 0 Å². The van der Waals surface area contributed by atoms with E-state index in [-0.39, 0.29) is 11.9 Å². The molecular weight excluding hydrogens is 364 g/mol. The van der Waals surface area contributed by atoms with Crippen LogP contribution >= 0.6 is 0 Å². The topological polar surface area (TPSA) is 55.9 Å². The smallest absolute Gasteiger partial charge is 0.317 e. The van der Waals surface area contributed by atoms with Crippen LogP contribution in [-0.4, -0.2) is 68.1 Å². The number of likely N-dealkylation sites (N-methyl/N-ethyl adjacent to an activating group) is 1. The number of benzene rings is 2. The third kappa shape index (κ3) is 6.32. The van der Waals surface area contributed by atoms with Crippen LogP contribution in [0.3, 0.4) is 0 Å². The van der Waals surface area contributed by atoms with Crippen molar-refractivity contribution in [1.29, 1.82) is 0 Å². The molecule has 0 aromatic heterocycles. The molecule has 0 bridgehead atoms. The minimum absolute atomic E-state index is 0.00885. The van der Waals surface area contributed by atoms with E-state index in [4.69, 9.17) is 0 Å². The lowest BCUT2D eigenvalue weighted by Crippen LogP contribution is -2.53. The van der Waals surface area contributed by atoms with Crippen molar-refractivity contribution in [2.75, 3.05) is 51.2 Å². The molecule has 29 heavy (non-hydrogen) atoms. The second kappa shape index (κ2) is 10.6. The van der Waals surface area contributed by atoms with Crippen LogP contribution in [0.1, 0.15) is 12.0 Å². The van der Waals surface area contributed by atoms with E-state index in [0.29, 0.717) is 39.3 Å². The van der Waals surface area contributed by atoms with Gasteiger partial charge in [0.1, 0.15) is 0 Å². The Hall–Kier alpha value is -2.86. The lowest BCUT2D eigenvalue weighted by molar-refractivity contribution is -0.119. The van der Waals surface area contributed by atoms with Gasteiger partial charge in [-0.3, -0.25) is 9.69 Å². The van der Waals surface area contributed by atoms with Gasteiger partial charge in [0.15, 0.2) is 0 Å². The number of hydrogen-bond acceptors (Lipinski definition) is 3. The van der Waals surface area contributed by atoms with Crippen LogP contribution in [0.15, 0.2) is 60.7 Å². The summed E-state index contributed by atoms with van der Waals surface area (Å²) in [5, 5.41) is 3.01. The van der Waals surface area contributed by atoms with E-state index in [0.717, 1.165) is 18.5 Å². The molecular formula is C23H30N4O2. The summed E-state index contributed by atoms with van der Waals surface area (Å²) >= 11 is 0. The zero-order valence-corrected chi connectivity index (χ0v) is 17.1. The number of anilines is 1. The number of carbonyl (C=O) groups excluding carboxylic acids is 2. The molecule has 0 unspecified atom stereocenters. The number of hydrogen-bond donors (Lipinski definition) is 1. The van der Waals surface area contributed by atoms with E-state index in [9.17, 15) is 9.59 Å². The predicted molar refractivity (Wildman–Crippen MR) is 116 cm³/mol. The molecule has 2 aromatic carbocycles. The van der Waals surface area contributed by atoms with Gasteiger partial charge >= 0.3 is 6.03 Å². The minimum atomic E-state index is -0.00885.